The van der Waals surface area contributed by atoms with Crippen molar-refractivity contribution in [3.63, 3.8) is 0 Å². The fraction of sp³-hybridized carbons (Fsp3) is 0.684. The van der Waals surface area contributed by atoms with Gasteiger partial charge in [-0.3, -0.25) is 4.90 Å². The molecule has 1 heteroatoms. The summed E-state index contributed by atoms with van der Waals surface area (Å²) in [5.41, 5.74) is 1.91. The summed E-state index contributed by atoms with van der Waals surface area (Å²) in [6, 6.07) is 11.2. The summed E-state index contributed by atoms with van der Waals surface area (Å²) in [7, 11) is 0. The highest BCUT2D eigenvalue weighted by molar-refractivity contribution is 5.18. The van der Waals surface area contributed by atoms with Gasteiger partial charge in [0.15, 0.2) is 0 Å². The molecule has 0 aromatic heterocycles. The van der Waals surface area contributed by atoms with Crippen LogP contribution in [0.15, 0.2) is 30.3 Å². The van der Waals surface area contributed by atoms with Crippen LogP contribution in [-0.4, -0.2) is 23.5 Å². The minimum Gasteiger partial charge on any atom is -0.297 e. The van der Waals surface area contributed by atoms with Crippen molar-refractivity contribution >= 4 is 0 Å². The molecule has 20 heavy (non-hydrogen) atoms. The Morgan fingerprint density at radius 2 is 1.60 bits per heavy atom. The average molecular weight is 271 g/mol. The van der Waals surface area contributed by atoms with E-state index in [1.165, 1.54) is 70.0 Å². The normalized spacial score (nSPS) is 24.6. The van der Waals surface area contributed by atoms with Gasteiger partial charge in [0, 0.05) is 5.54 Å². The van der Waals surface area contributed by atoms with Crippen molar-refractivity contribution in [2.75, 3.05) is 13.1 Å². The summed E-state index contributed by atoms with van der Waals surface area (Å²) in [6.07, 6.45) is 11.3. The molecule has 1 aromatic rings. The summed E-state index contributed by atoms with van der Waals surface area (Å²) < 4.78 is 0. The van der Waals surface area contributed by atoms with Crippen molar-refractivity contribution < 1.29 is 0 Å². The molecule has 1 aliphatic carbocycles. The van der Waals surface area contributed by atoms with E-state index in [0.29, 0.717) is 5.54 Å². The van der Waals surface area contributed by atoms with Crippen LogP contribution < -0.4 is 0 Å². The maximum atomic E-state index is 2.82. The van der Waals surface area contributed by atoms with Crippen molar-refractivity contribution in [2.24, 2.45) is 5.92 Å². The van der Waals surface area contributed by atoms with Gasteiger partial charge in [0.05, 0.1) is 0 Å². The molecule has 0 spiro atoms. The van der Waals surface area contributed by atoms with Gasteiger partial charge in [-0.15, -0.1) is 0 Å². The first kappa shape index (κ1) is 14.1. The van der Waals surface area contributed by atoms with E-state index in [-0.39, 0.29) is 0 Å². The first-order valence-corrected chi connectivity index (χ1v) is 8.58. The lowest BCUT2D eigenvalue weighted by molar-refractivity contribution is 0.0481. The molecule has 0 N–H and O–H groups in total. The third-order valence-corrected chi connectivity index (χ3v) is 5.72. The Morgan fingerprint density at radius 3 is 2.25 bits per heavy atom. The van der Waals surface area contributed by atoms with E-state index in [2.05, 4.69) is 42.2 Å². The van der Waals surface area contributed by atoms with Gasteiger partial charge in [0.2, 0.25) is 0 Å². The lowest BCUT2D eigenvalue weighted by atomic mass is 9.72. The Morgan fingerprint density at radius 1 is 0.950 bits per heavy atom. The summed E-state index contributed by atoms with van der Waals surface area (Å²) in [5.74, 6) is 0.898. The first-order valence-electron chi connectivity index (χ1n) is 8.58. The van der Waals surface area contributed by atoms with Crippen LogP contribution in [-0.2, 0) is 6.42 Å². The molecule has 0 amide bonds. The molecule has 1 atom stereocenters. The smallest absolute Gasteiger partial charge is 0.0249 e. The first-order chi connectivity index (χ1) is 9.79. The number of likely N-dealkylation sites (tertiary alicyclic amines) is 1. The van der Waals surface area contributed by atoms with E-state index in [0.717, 1.165) is 5.92 Å². The maximum Gasteiger partial charge on any atom is 0.0249 e. The molecule has 110 valence electrons. The van der Waals surface area contributed by atoms with Gasteiger partial charge in [-0.1, -0.05) is 49.6 Å². The molecule has 1 saturated carbocycles. The summed E-state index contributed by atoms with van der Waals surface area (Å²) in [4.78, 5) is 2.82. The predicted octanol–water partition coefficient (Wildman–Crippen LogP) is 4.66. The third-order valence-electron chi connectivity index (χ3n) is 5.72. The number of hydrogen-bond acceptors (Lipinski definition) is 1. The van der Waals surface area contributed by atoms with Gasteiger partial charge < -0.3 is 0 Å². The maximum absolute atomic E-state index is 2.82. The summed E-state index contributed by atoms with van der Waals surface area (Å²) >= 11 is 0. The van der Waals surface area contributed by atoms with Crippen LogP contribution in [0.1, 0.15) is 57.4 Å². The lowest BCUT2D eigenvalue weighted by Gasteiger charge is -2.47. The molecule has 1 unspecified atom stereocenters. The molecule has 2 fully saturated rings. The van der Waals surface area contributed by atoms with Crippen molar-refractivity contribution in [3.05, 3.63) is 35.9 Å². The zero-order valence-electron chi connectivity index (χ0n) is 13.0. The van der Waals surface area contributed by atoms with E-state index < -0.39 is 0 Å². The monoisotopic (exact) mass is 271 g/mol. The van der Waals surface area contributed by atoms with Gasteiger partial charge in [-0.25, -0.2) is 0 Å². The Kier molecular flexibility index (Phi) is 4.45. The van der Waals surface area contributed by atoms with E-state index in [1.807, 2.05) is 0 Å². The molecular weight excluding hydrogens is 242 g/mol. The zero-order chi connectivity index (χ0) is 13.8. The highest BCUT2D eigenvalue weighted by Crippen LogP contribution is 2.40. The van der Waals surface area contributed by atoms with E-state index in [1.54, 1.807) is 0 Å². The summed E-state index contributed by atoms with van der Waals surface area (Å²) in [6.45, 7) is 5.20. The number of nitrogens with zero attached hydrogens (tertiary/aromatic N) is 1. The number of rotatable bonds is 4. The third kappa shape index (κ3) is 2.93. The van der Waals surface area contributed by atoms with Gasteiger partial charge in [-0.2, -0.15) is 0 Å². The van der Waals surface area contributed by atoms with Gasteiger partial charge in [-0.05, 0) is 63.6 Å². The number of hydrogen-bond donors (Lipinski definition) is 0. The van der Waals surface area contributed by atoms with Gasteiger partial charge >= 0.3 is 0 Å². The molecule has 2 aliphatic rings. The van der Waals surface area contributed by atoms with Crippen LogP contribution in [0.2, 0.25) is 0 Å². The van der Waals surface area contributed by atoms with Crippen LogP contribution >= 0.6 is 0 Å². The highest BCUT2D eigenvalue weighted by Gasteiger charge is 2.40. The van der Waals surface area contributed by atoms with Crippen molar-refractivity contribution in [3.8, 4) is 0 Å². The molecule has 0 bridgehead atoms. The fourth-order valence-corrected chi connectivity index (χ4v) is 4.48. The molecule has 1 aliphatic heterocycles. The van der Waals surface area contributed by atoms with Crippen LogP contribution in [0.4, 0.5) is 0 Å². The van der Waals surface area contributed by atoms with Crippen molar-refractivity contribution in [1.82, 2.24) is 4.90 Å². The topological polar surface area (TPSA) is 3.24 Å². The Labute approximate surface area is 124 Å². The molecule has 1 aromatic carbocycles. The average Bonchev–Trinajstić information content (AvgIpc) is 3.04. The molecule has 1 saturated heterocycles. The zero-order valence-corrected chi connectivity index (χ0v) is 13.0. The van der Waals surface area contributed by atoms with E-state index in [9.17, 15) is 0 Å². The second-order valence-electron chi connectivity index (χ2n) is 7.05. The van der Waals surface area contributed by atoms with Crippen LogP contribution in [0, 0.1) is 5.92 Å². The molecular formula is C19H29N. The van der Waals surface area contributed by atoms with Crippen molar-refractivity contribution in [1.29, 1.82) is 0 Å². The fourth-order valence-electron chi connectivity index (χ4n) is 4.48. The molecule has 3 rings (SSSR count). The van der Waals surface area contributed by atoms with Crippen LogP contribution in [0.5, 0.6) is 0 Å². The second-order valence-corrected chi connectivity index (χ2v) is 7.05. The lowest BCUT2D eigenvalue weighted by Crippen LogP contribution is -2.52. The van der Waals surface area contributed by atoms with Crippen molar-refractivity contribution in [2.45, 2.75) is 63.8 Å². The minimum atomic E-state index is 0.387. The van der Waals surface area contributed by atoms with Gasteiger partial charge in [0.1, 0.15) is 0 Å². The molecule has 0 radical (unpaired) electrons. The standard InChI is InChI=1S/C19H29N/c1-19(20-14-8-9-15-20,18-12-6-3-7-13-18)16-17-10-4-2-5-11-17/h2,4-5,10-11,18H,3,6-9,12-16H2,1H3. The quantitative estimate of drug-likeness (QED) is 0.769. The largest absolute Gasteiger partial charge is 0.297 e. The highest BCUT2D eigenvalue weighted by atomic mass is 15.2. The minimum absolute atomic E-state index is 0.387. The van der Waals surface area contributed by atoms with E-state index in [4.69, 9.17) is 0 Å². The van der Waals surface area contributed by atoms with Crippen LogP contribution in [0.3, 0.4) is 0 Å². The molecule has 1 heterocycles. The predicted molar refractivity (Wildman–Crippen MR) is 85.9 cm³/mol. The van der Waals surface area contributed by atoms with E-state index >= 15 is 0 Å². The Bertz CT molecular complexity index is 401. The Balaban J connectivity index is 1.81. The number of benzene rings is 1. The SMILES string of the molecule is CC(Cc1ccccc1)(C1CCCCC1)N1CCCC1. The Hall–Kier alpha value is -0.820. The summed E-state index contributed by atoms with van der Waals surface area (Å²) in [5, 5.41) is 0. The van der Waals surface area contributed by atoms with Crippen LogP contribution in [0.25, 0.3) is 0 Å². The second kappa shape index (κ2) is 6.30. The molecule has 1 nitrogen and oxygen atoms in total. The van der Waals surface area contributed by atoms with Gasteiger partial charge in [0.25, 0.3) is 0 Å².